The minimum absolute atomic E-state index is 0.259. The second-order valence-electron chi connectivity index (χ2n) is 7.37. The monoisotopic (exact) mass is 511 g/mol. The summed E-state index contributed by atoms with van der Waals surface area (Å²) < 4.78 is 21.6. The maximum atomic E-state index is 12.3. The van der Waals surface area contributed by atoms with Crippen molar-refractivity contribution < 1.29 is 28.5 Å². The number of amides is 2. The fraction of sp³-hybridized carbons (Fsp3) is 0.192. The summed E-state index contributed by atoms with van der Waals surface area (Å²) in [4.78, 5) is 24.4. The van der Waals surface area contributed by atoms with E-state index < -0.39 is 11.8 Å². The number of rotatable bonds is 11. The van der Waals surface area contributed by atoms with E-state index in [1.807, 2.05) is 12.1 Å². The summed E-state index contributed by atoms with van der Waals surface area (Å²) in [6, 6.07) is 17.3. The maximum Gasteiger partial charge on any atom is 0.259 e. The van der Waals surface area contributed by atoms with Crippen LogP contribution in [-0.2, 0) is 11.4 Å². The quantitative estimate of drug-likeness (QED) is 0.299. The van der Waals surface area contributed by atoms with Crippen molar-refractivity contribution in [2.45, 2.75) is 6.61 Å². The smallest absolute Gasteiger partial charge is 0.259 e. The van der Waals surface area contributed by atoms with Gasteiger partial charge in [0, 0.05) is 10.6 Å². The van der Waals surface area contributed by atoms with Crippen LogP contribution in [0.3, 0.4) is 0 Å². The molecule has 3 aromatic rings. The molecule has 36 heavy (non-hydrogen) atoms. The third-order valence-corrected chi connectivity index (χ3v) is 5.21. The molecule has 3 rings (SSSR count). The van der Waals surface area contributed by atoms with Gasteiger partial charge in [0.2, 0.25) is 0 Å². The number of methoxy groups -OCH3 is 3. The summed E-state index contributed by atoms with van der Waals surface area (Å²) in [6.07, 6.45) is 1.46. The lowest BCUT2D eigenvalue weighted by Gasteiger charge is -2.11. The van der Waals surface area contributed by atoms with Gasteiger partial charge < -0.3 is 24.3 Å². The zero-order valence-electron chi connectivity index (χ0n) is 20.0. The second kappa shape index (κ2) is 13.0. The van der Waals surface area contributed by atoms with Crippen LogP contribution in [0.25, 0.3) is 0 Å². The fourth-order valence-corrected chi connectivity index (χ4v) is 3.21. The topological polar surface area (TPSA) is 107 Å². The summed E-state index contributed by atoms with van der Waals surface area (Å²) in [5, 5.41) is 7.11. The molecule has 0 radical (unpaired) electrons. The Morgan fingerprint density at radius 3 is 2.22 bits per heavy atom. The molecule has 0 aliphatic heterocycles. The first kappa shape index (κ1) is 26.4. The first-order valence-corrected chi connectivity index (χ1v) is 11.2. The number of ether oxygens (including phenoxy) is 4. The molecule has 0 saturated carbocycles. The number of hydrogen-bond donors (Lipinski definition) is 2. The molecule has 2 amide bonds. The van der Waals surface area contributed by atoms with Gasteiger partial charge >= 0.3 is 0 Å². The molecule has 0 bridgehead atoms. The molecule has 9 nitrogen and oxygen atoms in total. The van der Waals surface area contributed by atoms with Crippen LogP contribution in [0, 0.1) is 0 Å². The van der Waals surface area contributed by atoms with Crippen LogP contribution >= 0.6 is 11.6 Å². The Morgan fingerprint density at radius 2 is 1.53 bits per heavy atom. The molecule has 3 aromatic carbocycles. The number of hydrazone groups is 1. The Labute approximate surface area is 214 Å². The summed E-state index contributed by atoms with van der Waals surface area (Å²) >= 11 is 5.91. The molecule has 188 valence electrons. The lowest BCUT2D eigenvalue weighted by Crippen LogP contribution is -2.34. The van der Waals surface area contributed by atoms with Gasteiger partial charge in [-0.3, -0.25) is 9.59 Å². The summed E-state index contributed by atoms with van der Waals surface area (Å²) in [7, 11) is 4.51. The average molecular weight is 512 g/mol. The molecule has 0 unspecified atom stereocenters. The van der Waals surface area contributed by atoms with Crippen molar-refractivity contribution in [2.24, 2.45) is 5.10 Å². The molecule has 0 saturated heterocycles. The first-order valence-electron chi connectivity index (χ1n) is 10.8. The Morgan fingerprint density at radius 1 is 0.861 bits per heavy atom. The second-order valence-corrected chi connectivity index (χ2v) is 7.81. The number of carbonyl (C=O) groups excluding carboxylic acids is 2. The van der Waals surface area contributed by atoms with Crippen LogP contribution in [0.4, 0.5) is 0 Å². The lowest BCUT2D eigenvalue weighted by molar-refractivity contribution is -0.120. The molecule has 0 aliphatic carbocycles. The van der Waals surface area contributed by atoms with Gasteiger partial charge in [0.1, 0.15) is 6.61 Å². The van der Waals surface area contributed by atoms with Gasteiger partial charge in [0.25, 0.3) is 11.8 Å². The van der Waals surface area contributed by atoms with Gasteiger partial charge in [-0.05, 0) is 59.7 Å². The third-order valence-electron chi connectivity index (χ3n) is 4.95. The van der Waals surface area contributed by atoms with Crippen LogP contribution in [0.2, 0.25) is 5.02 Å². The van der Waals surface area contributed by atoms with Crippen molar-refractivity contribution in [3.63, 3.8) is 0 Å². The molecular formula is C26H26ClN3O6. The third kappa shape index (κ3) is 7.38. The van der Waals surface area contributed by atoms with E-state index in [1.165, 1.54) is 33.6 Å². The first-order chi connectivity index (χ1) is 17.4. The SMILES string of the molecule is COc1ccc(C(=O)NCC(=O)N/N=C/c2ccc(OCc3ccc(Cl)cc3)c(OC)c2)cc1OC. The Kier molecular flexibility index (Phi) is 9.53. The highest BCUT2D eigenvalue weighted by molar-refractivity contribution is 6.30. The highest BCUT2D eigenvalue weighted by Gasteiger charge is 2.12. The predicted molar refractivity (Wildman–Crippen MR) is 136 cm³/mol. The summed E-state index contributed by atoms with van der Waals surface area (Å²) in [5.74, 6) is 1.06. The van der Waals surface area contributed by atoms with Crippen LogP contribution in [-0.4, -0.2) is 45.9 Å². The van der Waals surface area contributed by atoms with E-state index >= 15 is 0 Å². The van der Waals surface area contributed by atoms with E-state index in [4.69, 9.17) is 30.5 Å². The molecule has 10 heteroatoms. The van der Waals surface area contributed by atoms with E-state index in [0.29, 0.717) is 45.8 Å². The molecular weight excluding hydrogens is 486 g/mol. The highest BCUT2D eigenvalue weighted by atomic mass is 35.5. The Bertz CT molecular complexity index is 1230. The van der Waals surface area contributed by atoms with E-state index in [1.54, 1.807) is 42.5 Å². The normalized spacial score (nSPS) is 10.6. The van der Waals surface area contributed by atoms with Crippen LogP contribution in [0.1, 0.15) is 21.5 Å². The van der Waals surface area contributed by atoms with E-state index in [-0.39, 0.29) is 6.54 Å². The minimum atomic E-state index is -0.491. The van der Waals surface area contributed by atoms with Crippen molar-refractivity contribution in [3.8, 4) is 23.0 Å². The zero-order chi connectivity index (χ0) is 25.9. The number of carbonyl (C=O) groups is 2. The maximum absolute atomic E-state index is 12.3. The molecule has 0 aromatic heterocycles. The van der Waals surface area contributed by atoms with Gasteiger partial charge in [0.15, 0.2) is 23.0 Å². The van der Waals surface area contributed by atoms with Crippen molar-refractivity contribution in [1.29, 1.82) is 0 Å². The van der Waals surface area contributed by atoms with Crippen LogP contribution in [0.15, 0.2) is 65.8 Å². The van der Waals surface area contributed by atoms with Crippen LogP contribution in [0.5, 0.6) is 23.0 Å². The number of hydrogen-bond acceptors (Lipinski definition) is 7. The van der Waals surface area contributed by atoms with Crippen molar-refractivity contribution >= 4 is 29.6 Å². The van der Waals surface area contributed by atoms with Crippen molar-refractivity contribution in [2.75, 3.05) is 27.9 Å². The van der Waals surface area contributed by atoms with Gasteiger partial charge in [-0.25, -0.2) is 5.43 Å². The van der Waals surface area contributed by atoms with Gasteiger partial charge in [0.05, 0.1) is 34.1 Å². The highest BCUT2D eigenvalue weighted by Crippen LogP contribution is 2.29. The van der Waals surface area contributed by atoms with Gasteiger partial charge in [-0.1, -0.05) is 23.7 Å². The molecule has 2 N–H and O–H groups in total. The number of nitrogens with zero attached hydrogens (tertiary/aromatic N) is 1. The molecule has 0 heterocycles. The standard InChI is InChI=1S/C26H26ClN3O6/c1-33-21-11-7-19(13-24(21)35-3)26(32)28-15-25(31)30-29-14-18-6-10-22(23(12-18)34-2)36-16-17-4-8-20(27)9-5-17/h4-14H,15-16H2,1-3H3,(H,28,32)(H,30,31)/b29-14+. The van der Waals surface area contributed by atoms with E-state index in [2.05, 4.69) is 15.8 Å². The minimum Gasteiger partial charge on any atom is -0.493 e. The molecule has 0 spiro atoms. The Balaban J connectivity index is 1.50. The predicted octanol–water partition coefficient (Wildman–Crippen LogP) is 3.82. The lowest BCUT2D eigenvalue weighted by atomic mass is 10.2. The summed E-state index contributed by atoms with van der Waals surface area (Å²) in [5.41, 5.74) is 4.35. The number of benzene rings is 3. The molecule has 0 aliphatic rings. The van der Waals surface area contributed by atoms with E-state index in [9.17, 15) is 9.59 Å². The Hall–Kier alpha value is -4.24. The van der Waals surface area contributed by atoms with Crippen LogP contribution < -0.4 is 29.7 Å². The molecule has 0 fully saturated rings. The fourth-order valence-electron chi connectivity index (χ4n) is 3.08. The van der Waals surface area contributed by atoms with Gasteiger partial charge in [-0.15, -0.1) is 0 Å². The average Bonchev–Trinajstić information content (AvgIpc) is 2.91. The number of halogens is 1. The summed E-state index contributed by atoms with van der Waals surface area (Å²) in [6.45, 7) is 0.0946. The van der Waals surface area contributed by atoms with Crippen molar-refractivity contribution in [3.05, 3.63) is 82.4 Å². The van der Waals surface area contributed by atoms with Crippen molar-refractivity contribution in [1.82, 2.24) is 10.7 Å². The number of nitrogens with one attached hydrogen (secondary N) is 2. The largest absolute Gasteiger partial charge is 0.493 e. The zero-order valence-corrected chi connectivity index (χ0v) is 20.8. The van der Waals surface area contributed by atoms with Gasteiger partial charge in [-0.2, -0.15) is 5.10 Å². The van der Waals surface area contributed by atoms with E-state index in [0.717, 1.165) is 5.56 Å². The molecule has 0 atom stereocenters.